The van der Waals surface area contributed by atoms with Crippen LogP contribution in [-0.4, -0.2) is 31.1 Å². The maximum atomic E-state index is 6.00. The van der Waals surface area contributed by atoms with Crippen molar-refractivity contribution in [2.75, 3.05) is 19.0 Å². The summed E-state index contributed by atoms with van der Waals surface area (Å²) in [5.41, 5.74) is 6.94. The lowest BCUT2D eigenvalue weighted by atomic mass is 10.1. The van der Waals surface area contributed by atoms with Gasteiger partial charge in [-0.3, -0.25) is 0 Å². The second-order valence-electron chi connectivity index (χ2n) is 5.92. The third kappa shape index (κ3) is 5.25. The molecule has 21 heavy (non-hydrogen) atoms. The lowest BCUT2D eigenvalue weighted by molar-refractivity contribution is 0.530. The van der Waals surface area contributed by atoms with Crippen LogP contribution in [0.2, 0.25) is 0 Å². The Kier molecular flexibility index (Phi) is 5.84. The third-order valence-corrected chi connectivity index (χ3v) is 3.87. The van der Waals surface area contributed by atoms with Crippen molar-refractivity contribution in [2.24, 2.45) is 10.7 Å². The topological polar surface area (TPSA) is 66.5 Å². The van der Waals surface area contributed by atoms with E-state index in [0.717, 1.165) is 11.5 Å². The molecule has 1 aliphatic rings. The number of hydrogen-bond acceptors (Lipinski definition) is 3. The fourth-order valence-corrected chi connectivity index (χ4v) is 2.65. The summed E-state index contributed by atoms with van der Waals surface area (Å²) in [5, 5.41) is 3.36. The molecule has 0 aromatic carbocycles. The smallest absolute Gasteiger partial charge is 0.189 e. The van der Waals surface area contributed by atoms with E-state index in [0.29, 0.717) is 18.5 Å². The van der Waals surface area contributed by atoms with Crippen molar-refractivity contribution in [3.05, 3.63) is 23.9 Å². The van der Waals surface area contributed by atoms with Gasteiger partial charge in [0.25, 0.3) is 0 Å². The summed E-state index contributed by atoms with van der Waals surface area (Å²) in [6.45, 7) is 0.521. The van der Waals surface area contributed by atoms with Crippen LogP contribution in [0.15, 0.2) is 23.2 Å². The number of rotatable bonds is 4. The molecule has 116 valence electrons. The molecule has 5 heteroatoms. The van der Waals surface area contributed by atoms with E-state index in [9.17, 15) is 0 Å². The van der Waals surface area contributed by atoms with E-state index in [1.807, 2.05) is 37.2 Å². The number of nitrogens with zero attached hydrogens (tertiary/aromatic N) is 3. The third-order valence-electron chi connectivity index (χ3n) is 3.87. The molecule has 1 aromatic rings. The van der Waals surface area contributed by atoms with Crippen LogP contribution >= 0.6 is 0 Å². The van der Waals surface area contributed by atoms with Crippen LogP contribution < -0.4 is 16.0 Å². The van der Waals surface area contributed by atoms with E-state index in [1.54, 1.807) is 0 Å². The molecule has 1 aliphatic carbocycles. The highest BCUT2D eigenvalue weighted by Crippen LogP contribution is 2.17. The molecule has 0 unspecified atom stereocenters. The molecule has 1 heterocycles. The fraction of sp³-hybridized carbons (Fsp3) is 0.625. The minimum atomic E-state index is 0.484. The molecule has 0 radical (unpaired) electrons. The highest BCUT2D eigenvalue weighted by atomic mass is 15.1. The van der Waals surface area contributed by atoms with E-state index in [-0.39, 0.29) is 0 Å². The molecule has 0 aliphatic heterocycles. The van der Waals surface area contributed by atoms with Gasteiger partial charge in [0.15, 0.2) is 5.96 Å². The molecule has 0 amide bonds. The second kappa shape index (κ2) is 7.86. The minimum Gasteiger partial charge on any atom is -0.370 e. The fourth-order valence-electron chi connectivity index (χ4n) is 2.65. The molecule has 3 N–H and O–H groups in total. The Morgan fingerprint density at radius 1 is 1.29 bits per heavy atom. The minimum absolute atomic E-state index is 0.484. The summed E-state index contributed by atoms with van der Waals surface area (Å²) in [6, 6.07) is 6.45. The van der Waals surface area contributed by atoms with Crippen LogP contribution in [0.4, 0.5) is 5.82 Å². The molecular formula is C16H27N5. The molecule has 1 fully saturated rings. The van der Waals surface area contributed by atoms with E-state index >= 15 is 0 Å². The Morgan fingerprint density at radius 3 is 2.67 bits per heavy atom. The highest BCUT2D eigenvalue weighted by Gasteiger charge is 2.12. The summed E-state index contributed by atoms with van der Waals surface area (Å²) < 4.78 is 0. The largest absolute Gasteiger partial charge is 0.370 e. The van der Waals surface area contributed by atoms with Gasteiger partial charge in [0, 0.05) is 20.1 Å². The number of aromatic nitrogens is 1. The summed E-state index contributed by atoms with van der Waals surface area (Å²) in [5.74, 6) is 1.48. The first-order chi connectivity index (χ1) is 10.1. The maximum absolute atomic E-state index is 6.00. The summed E-state index contributed by atoms with van der Waals surface area (Å²) in [4.78, 5) is 10.9. The van der Waals surface area contributed by atoms with Crippen molar-refractivity contribution in [1.29, 1.82) is 0 Å². The Labute approximate surface area is 127 Å². The van der Waals surface area contributed by atoms with Crippen molar-refractivity contribution >= 4 is 11.8 Å². The number of pyridine rings is 1. The summed E-state index contributed by atoms with van der Waals surface area (Å²) >= 11 is 0. The Morgan fingerprint density at radius 2 is 2.00 bits per heavy atom. The molecule has 1 aromatic heterocycles. The Hall–Kier alpha value is -1.78. The molecule has 2 rings (SSSR count). The average Bonchev–Trinajstić information content (AvgIpc) is 2.74. The molecule has 1 saturated carbocycles. The van der Waals surface area contributed by atoms with Gasteiger partial charge >= 0.3 is 0 Å². The lowest BCUT2D eigenvalue weighted by Gasteiger charge is -2.16. The van der Waals surface area contributed by atoms with Crippen LogP contribution in [0, 0.1) is 0 Å². The monoisotopic (exact) mass is 289 g/mol. The molecule has 0 bridgehead atoms. The molecular weight excluding hydrogens is 262 g/mol. The van der Waals surface area contributed by atoms with E-state index in [2.05, 4.69) is 15.3 Å². The Bertz CT molecular complexity index is 461. The van der Waals surface area contributed by atoms with E-state index in [1.165, 1.54) is 38.5 Å². The quantitative estimate of drug-likeness (QED) is 0.507. The first-order valence-electron chi connectivity index (χ1n) is 7.85. The molecule has 0 spiro atoms. The number of nitrogens with one attached hydrogen (secondary N) is 1. The highest BCUT2D eigenvalue weighted by molar-refractivity contribution is 5.78. The number of nitrogens with two attached hydrogens (primary N) is 1. The van der Waals surface area contributed by atoms with Crippen molar-refractivity contribution < 1.29 is 0 Å². The summed E-state index contributed by atoms with van der Waals surface area (Å²) in [7, 11) is 3.97. The van der Waals surface area contributed by atoms with E-state index in [4.69, 9.17) is 5.73 Å². The zero-order valence-electron chi connectivity index (χ0n) is 13.2. The van der Waals surface area contributed by atoms with Crippen molar-refractivity contribution in [3.63, 3.8) is 0 Å². The lowest BCUT2D eigenvalue weighted by Crippen LogP contribution is -2.39. The van der Waals surface area contributed by atoms with Gasteiger partial charge in [-0.15, -0.1) is 0 Å². The van der Waals surface area contributed by atoms with Crippen molar-refractivity contribution in [1.82, 2.24) is 10.3 Å². The number of aliphatic imine (C=N–C) groups is 1. The Balaban J connectivity index is 1.88. The predicted octanol–water partition coefficient (Wildman–Crippen LogP) is 2.27. The van der Waals surface area contributed by atoms with Crippen molar-refractivity contribution in [2.45, 2.75) is 51.1 Å². The van der Waals surface area contributed by atoms with Crippen LogP contribution in [0.25, 0.3) is 0 Å². The van der Waals surface area contributed by atoms with Crippen LogP contribution in [0.1, 0.15) is 44.2 Å². The number of anilines is 1. The van der Waals surface area contributed by atoms with Gasteiger partial charge < -0.3 is 16.0 Å². The number of guanidine groups is 1. The van der Waals surface area contributed by atoms with Crippen LogP contribution in [0.5, 0.6) is 0 Å². The van der Waals surface area contributed by atoms with Gasteiger partial charge in [0.1, 0.15) is 5.82 Å². The zero-order valence-corrected chi connectivity index (χ0v) is 13.2. The van der Waals surface area contributed by atoms with Crippen LogP contribution in [-0.2, 0) is 6.54 Å². The van der Waals surface area contributed by atoms with Gasteiger partial charge in [0.05, 0.1) is 12.2 Å². The maximum Gasteiger partial charge on any atom is 0.189 e. The van der Waals surface area contributed by atoms with E-state index < -0.39 is 0 Å². The SMILES string of the molecule is CN(C)c1cccc(CN=C(N)NC2CCCCCC2)n1. The van der Waals surface area contributed by atoms with Gasteiger partial charge in [-0.25, -0.2) is 9.98 Å². The molecule has 0 atom stereocenters. The van der Waals surface area contributed by atoms with Crippen LogP contribution in [0.3, 0.4) is 0 Å². The normalized spacial score (nSPS) is 17.3. The second-order valence-corrected chi connectivity index (χ2v) is 5.92. The molecule has 5 nitrogen and oxygen atoms in total. The first kappa shape index (κ1) is 15.6. The predicted molar refractivity (Wildman–Crippen MR) is 88.5 cm³/mol. The zero-order chi connectivity index (χ0) is 15.1. The van der Waals surface area contributed by atoms with Crippen molar-refractivity contribution in [3.8, 4) is 0 Å². The van der Waals surface area contributed by atoms with Gasteiger partial charge in [-0.1, -0.05) is 31.7 Å². The number of hydrogen-bond donors (Lipinski definition) is 2. The first-order valence-corrected chi connectivity index (χ1v) is 7.85. The average molecular weight is 289 g/mol. The van der Waals surface area contributed by atoms with Gasteiger partial charge in [-0.05, 0) is 25.0 Å². The summed E-state index contributed by atoms with van der Waals surface area (Å²) in [6.07, 6.45) is 7.66. The standard InChI is InChI=1S/C16H27N5/c1-21(2)15-11-7-10-14(19-15)12-18-16(17)20-13-8-5-3-4-6-9-13/h7,10-11,13H,3-6,8-9,12H2,1-2H3,(H3,17,18,20). The van der Waals surface area contributed by atoms with Gasteiger partial charge in [-0.2, -0.15) is 0 Å². The molecule has 0 saturated heterocycles. The van der Waals surface area contributed by atoms with Gasteiger partial charge in [0.2, 0.25) is 0 Å².